The smallest absolute Gasteiger partial charge is 0.387 e. The fourth-order valence-electron chi connectivity index (χ4n) is 9.66. The van der Waals surface area contributed by atoms with Gasteiger partial charge >= 0.3 is 7.82 Å². The van der Waals surface area contributed by atoms with Crippen LogP contribution in [0.2, 0.25) is 0 Å². The lowest BCUT2D eigenvalue weighted by atomic mass is 10.0. The Hall–Kier alpha value is -1.54. The number of nitrogens with one attached hydrogen (secondary N) is 1. The van der Waals surface area contributed by atoms with Crippen LogP contribution in [0.15, 0.2) is 48.6 Å². The largest absolute Gasteiger partial charge is 0.472 e. The van der Waals surface area contributed by atoms with Gasteiger partial charge in [-0.2, -0.15) is 0 Å². The Morgan fingerprint density at radius 3 is 1.07 bits per heavy atom. The van der Waals surface area contributed by atoms with Gasteiger partial charge in [-0.05, 0) is 70.6 Å². The fourth-order valence-corrected chi connectivity index (χ4v) is 10.4. The van der Waals surface area contributed by atoms with Gasteiger partial charge in [-0.1, -0.05) is 287 Å². The van der Waals surface area contributed by atoms with Gasteiger partial charge in [0.15, 0.2) is 0 Å². The Labute approximate surface area is 467 Å². The topological polar surface area (TPSA) is 105 Å². The Balaban J connectivity index is 4.09. The van der Waals surface area contributed by atoms with Crippen LogP contribution in [0.25, 0.3) is 0 Å². The van der Waals surface area contributed by atoms with Gasteiger partial charge in [0.25, 0.3) is 0 Å². The molecule has 0 heterocycles. The Morgan fingerprint density at radius 2 is 0.733 bits per heavy atom. The van der Waals surface area contributed by atoms with E-state index in [0.717, 1.165) is 44.9 Å². The van der Waals surface area contributed by atoms with Crippen LogP contribution in [-0.2, 0) is 18.4 Å². The molecule has 3 unspecified atom stereocenters. The van der Waals surface area contributed by atoms with Crippen LogP contribution in [0.4, 0.5) is 0 Å². The summed E-state index contributed by atoms with van der Waals surface area (Å²) < 4.78 is 23.7. The van der Waals surface area contributed by atoms with Crippen molar-refractivity contribution < 1.29 is 32.9 Å². The molecule has 1 amide bonds. The summed E-state index contributed by atoms with van der Waals surface area (Å²) in [5.41, 5.74) is 0. The number of amides is 1. The van der Waals surface area contributed by atoms with Gasteiger partial charge < -0.3 is 19.8 Å². The number of rotatable bonds is 60. The SMILES string of the molecule is CCCCCCCCCCCC/C=C/CC/C=C/CC/C=C/C(O)C(COP(=O)(O)OCC[N+](C)(C)C)NC(=O)CCCCCCCCCCCCCCCCCCC/C=C\CCCCCCCCCCCCCC. The lowest BCUT2D eigenvalue weighted by Gasteiger charge is -2.25. The molecule has 0 aliphatic rings. The van der Waals surface area contributed by atoms with Crippen LogP contribution in [-0.4, -0.2) is 73.4 Å². The monoisotopic (exact) mass is 1080 g/mol. The summed E-state index contributed by atoms with van der Waals surface area (Å²) in [7, 11) is 1.55. The summed E-state index contributed by atoms with van der Waals surface area (Å²) in [6.45, 7) is 4.82. The second-order valence-corrected chi connectivity index (χ2v) is 24.9. The predicted octanol–water partition coefficient (Wildman–Crippen LogP) is 20.3. The number of carbonyl (C=O) groups is 1. The molecule has 0 aliphatic carbocycles. The van der Waals surface area contributed by atoms with Gasteiger partial charge in [0.1, 0.15) is 13.2 Å². The van der Waals surface area contributed by atoms with E-state index < -0.39 is 20.0 Å². The molecule has 3 atom stereocenters. The number of quaternary nitrogens is 1. The number of phosphoric ester groups is 1. The van der Waals surface area contributed by atoms with E-state index in [4.69, 9.17) is 9.05 Å². The predicted molar refractivity (Wildman–Crippen MR) is 327 cm³/mol. The van der Waals surface area contributed by atoms with Crippen molar-refractivity contribution in [1.29, 1.82) is 0 Å². The highest BCUT2D eigenvalue weighted by atomic mass is 31.2. The van der Waals surface area contributed by atoms with Crippen molar-refractivity contribution in [3.8, 4) is 0 Å². The van der Waals surface area contributed by atoms with E-state index in [1.54, 1.807) is 6.08 Å². The molecule has 0 aromatic heterocycles. The molecular formula is C66H128N2O6P+. The number of phosphoric acid groups is 1. The number of likely N-dealkylation sites (N-methyl/N-ethyl adjacent to an activating group) is 1. The minimum absolute atomic E-state index is 0.0540. The molecule has 9 heteroatoms. The van der Waals surface area contributed by atoms with Gasteiger partial charge in [-0.25, -0.2) is 4.57 Å². The zero-order valence-electron chi connectivity index (χ0n) is 50.6. The molecule has 0 aromatic rings. The van der Waals surface area contributed by atoms with E-state index in [2.05, 4.69) is 55.6 Å². The number of aliphatic hydroxyl groups is 1. The lowest BCUT2D eigenvalue weighted by Crippen LogP contribution is -2.45. The van der Waals surface area contributed by atoms with Crippen LogP contribution in [0.1, 0.15) is 316 Å². The number of unbranched alkanes of at least 4 members (excludes halogenated alkanes) is 41. The standard InChI is InChI=1S/C66H127N2O6P/c1-6-8-10-12-14-16-18-20-22-24-26-28-29-30-31-32-33-34-35-36-37-38-39-40-42-44-46-48-50-52-54-56-58-60-66(70)67-64(63-74-75(71,72)73-62-61-68(3,4)5)65(69)59-57-55-53-51-49-47-45-43-41-27-25-23-21-19-17-15-13-11-9-7-2/h30-31,41,43,49,51,57,59,64-65,69H,6-29,32-40,42,44-48,50,52-56,58,60-63H2,1-5H3,(H-,67,70,71,72)/p+1/b31-30-,43-41+,51-49+,59-57+. The van der Waals surface area contributed by atoms with E-state index >= 15 is 0 Å². The van der Waals surface area contributed by atoms with Gasteiger partial charge in [0.05, 0.1) is 39.9 Å². The average molecular weight is 1080 g/mol. The quantitative estimate of drug-likeness (QED) is 0.0243. The highest BCUT2D eigenvalue weighted by Crippen LogP contribution is 2.43. The first kappa shape index (κ1) is 73.5. The van der Waals surface area contributed by atoms with Crippen LogP contribution in [0.5, 0.6) is 0 Å². The first-order valence-corrected chi connectivity index (χ1v) is 34.0. The van der Waals surface area contributed by atoms with E-state index in [-0.39, 0.29) is 19.1 Å². The molecule has 0 fully saturated rings. The molecule has 0 aromatic carbocycles. The first-order valence-electron chi connectivity index (χ1n) is 32.5. The first-order chi connectivity index (χ1) is 36.5. The van der Waals surface area contributed by atoms with E-state index in [9.17, 15) is 19.4 Å². The normalized spacial score (nSPS) is 14.1. The van der Waals surface area contributed by atoms with Crippen molar-refractivity contribution in [3.05, 3.63) is 48.6 Å². The third kappa shape index (κ3) is 60.0. The van der Waals surface area contributed by atoms with Crippen molar-refractivity contribution >= 4 is 13.7 Å². The third-order valence-corrected chi connectivity index (χ3v) is 15.7. The molecule has 0 spiro atoms. The highest BCUT2D eigenvalue weighted by molar-refractivity contribution is 7.47. The van der Waals surface area contributed by atoms with Crippen LogP contribution >= 0.6 is 7.82 Å². The van der Waals surface area contributed by atoms with Crippen LogP contribution in [0, 0.1) is 0 Å². The Morgan fingerprint density at radius 1 is 0.440 bits per heavy atom. The molecule has 442 valence electrons. The molecule has 3 N–H and O–H groups in total. The van der Waals surface area contributed by atoms with Crippen LogP contribution in [0.3, 0.4) is 0 Å². The molecule has 8 nitrogen and oxygen atoms in total. The van der Waals surface area contributed by atoms with Crippen molar-refractivity contribution in [2.75, 3.05) is 40.9 Å². The molecule has 0 aliphatic heterocycles. The zero-order valence-corrected chi connectivity index (χ0v) is 51.4. The maximum Gasteiger partial charge on any atom is 0.472 e. The van der Waals surface area contributed by atoms with Gasteiger partial charge in [-0.3, -0.25) is 13.8 Å². The molecule has 0 radical (unpaired) electrons. The molecule has 75 heavy (non-hydrogen) atoms. The number of carbonyl (C=O) groups excluding carboxylic acids is 1. The zero-order chi connectivity index (χ0) is 54.9. The van der Waals surface area contributed by atoms with Crippen molar-refractivity contribution in [3.63, 3.8) is 0 Å². The highest BCUT2D eigenvalue weighted by Gasteiger charge is 2.27. The number of aliphatic hydroxyl groups excluding tert-OH is 1. The Kier molecular flexibility index (Phi) is 56.0. The summed E-state index contributed by atoms with van der Waals surface area (Å²) in [5, 5.41) is 13.9. The van der Waals surface area contributed by atoms with Crippen molar-refractivity contribution in [2.45, 2.75) is 328 Å². The van der Waals surface area contributed by atoms with E-state index in [1.807, 2.05) is 27.2 Å². The summed E-state index contributed by atoms with van der Waals surface area (Å²) in [4.78, 5) is 23.3. The fraction of sp³-hybridized carbons (Fsp3) is 0.864. The summed E-state index contributed by atoms with van der Waals surface area (Å²) >= 11 is 0. The minimum atomic E-state index is -4.36. The van der Waals surface area contributed by atoms with Gasteiger partial charge in [0.2, 0.25) is 5.91 Å². The minimum Gasteiger partial charge on any atom is -0.387 e. The maximum atomic E-state index is 13.0. The lowest BCUT2D eigenvalue weighted by molar-refractivity contribution is -0.870. The van der Waals surface area contributed by atoms with E-state index in [1.165, 1.54) is 250 Å². The third-order valence-electron chi connectivity index (χ3n) is 14.7. The van der Waals surface area contributed by atoms with Crippen LogP contribution < -0.4 is 5.32 Å². The summed E-state index contributed by atoms with van der Waals surface area (Å²) in [5.74, 6) is -0.186. The molecule has 0 saturated carbocycles. The molecular weight excluding hydrogens is 948 g/mol. The second-order valence-electron chi connectivity index (χ2n) is 23.5. The van der Waals surface area contributed by atoms with Gasteiger partial charge in [-0.15, -0.1) is 0 Å². The number of hydrogen-bond donors (Lipinski definition) is 3. The molecule has 0 rings (SSSR count). The maximum absolute atomic E-state index is 13.0. The van der Waals surface area contributed by atoms with Crippen molar-refractivity contribution in [2.24, 2.45) is 0 Å². The Bertz CT molecular complexity index is 1360. The number of nitrogens with zero attached hydrogens (tertiary/aromatic N) is 1. The molecule has 0 bridgehead atoms. The number of allylic oxidation sites excluding steroid dienone is 7. The van der Waals surface area contributed by atoms with E-state index in [0.29, 0.717) is 17.4 Å². The second kappa shape index (κ2) is 57.2. The van der Waals surface area contributed by atoms with Crippen molar-refractivity contribution in [1.82, 2.24) is 5.32 Å². The molecule has 0 saturated heterocycles. The van der Waals surface area contributed by atoms with Gasteiger partial charge in [0, 0.05) is 6.42 Å². The number of hydrogen-bond acceptors (Lipinski definition) is 5. The summed E-state index contributed by atoms with van der Waals surface area (Å²) in [6, 6.07) is -0.870. The average Bonchev–Trinajstić information content (AvgIpc) is 3.37. The summed E-state index contributed by atoms with van der Waals surface area (Å²) in [6.07, 6.45) is 76.8.